The minimum absolute atomic E-state index is 0.134. The van der Waals surface area contributed by atoms with Crippen LogP contribution in [0.25, 0.3) is 11.1 Å². The van der Waals surface area contributed by atoms with Crippen LogP contribution in [0.3, 0.4) is 0 Å². The second kappa shape index (κ2) is 20.5. The van der Waals surface area contributed by atoms with Crippen LogP contribution >= 0.6 is 0 Å². The molecule has 6 rings (SSSR count). The Morgan fingerprint density at radius 3 is 1.57 bits per heavy atom. The number of carboxylic acids is 1. The molecule has 0 unspecified atom stereocenters. The summed E-state index contributed by atoms with van der Waals surface area (Å²) in [7, 11) is 3.24. The molecule has 0 bridgehead atoms. The summed E-state index contributed by atoms with van der Waals surface area (Å²) < 4.78 is 29.4. The summed E-state index contributed by atoms with van der Waals surface area (Å²) in [6.07, 6.45) is 6.19. The lowest BCUT2D eigenvalue weighted by Gasteiger charge is -2.19. The summed E-state index contributed by atoms with van der Waals surface area (Å²) in [5, 5.41) is 15.7. The average molecular weight is 795 g/mol. The zero-order valence-electron chi connectivity index (χ0n) is 34.6. The number of carbonyl (C=O) groups excluding carboxylic acids is 1. The molecule has 0 atom stereocenters. The monoisotopic (exact) mass is 794 g/mol. The van der Waals surface area contributed by atoms with Crippen molar-refractivity contribution in [3.05, 3.63) is 93.0 Å². The number of carboxylic acid groups (broad SMARTS) is 1. The molecule has 0 radical (unpaired) electrons. The van der Waals surface area contributed by atoms with Crippen LogP contribution in [0, 0.1) is 13.8 Å². The van der Waals surface area contributed by atoms with Crippen LogP contribution < -0.4 is 29.6 Å². The van der Waals surface area contributed by atoms with Crippen molar-refractivity contribution >= 4 is 11.9 Å². The highest BCUT2D eigenvalue weighted by molar-refractivity contribution is 5.72. The predicted octanol–water partition coefficient (Wildman–Crippen LogP) is 8.08. The molecule has 0 spiro atoms. The van der Waals surface area contributed by atoms with Crippen LogP contribution in [0.1, 0.15) is 115 Å². The number of aromatic nitrogens is 2. The number of esters is 1. The van der Waals surface area contributed by atoms with Crippen molar-refractivity contribution in [2.24, 2.45) is 0 Å². The van der Waals surface area contributed by atoms with Crippen molar-refractivity contribution in [1.82, 2.24) is 20.6 Å². The molecule has 2 aliphatic carbocycles. The molecule has 0 amide bonds. The maximum atomic E-state index is 11.7. The van der Waals surface area contributed by atoms with Gasteiger partial charge >= 0.3 is 11.9 Å². The second-order valence-corrected chi connectivity index (χ2v) is 15.2. The van der Waals surface area contributed by atoms with Crippen molar-refractivity contribution in [2.75, 3.05) is 33.9 Å². The fourth-order valence-corrected chi connectivity index (χ4v) is 7.25. The predicted molar refractivity (Wildman–Crippen MR) is 222 cm³/mol. The number of nitrogens with one attached hydrogen (secondary N) is 2. The molecule has 12 heteroatoms. The minimum atomic E-state index is -0.792. The Kier molecular flexibility index (Phi) is 15.0. The quantitative estimate of drug-likeness (QED) is 0.0465. The average Bonchev–Trinajstić information content (AvgIpc) is 4.15. The molecular formula is C46H58N4O8. The minimum Gasteiger partial charge on any atom is -0.481 e. The summed E-state index contributed by atoms with van der Waals surface area (Å²) in [6, 6.07) is 17.0. The van der Waals surface area contributed by atoms with Crippen LogP contribution in [-0.2, 0) is 40.6 Å². The first-order chi connectivity index (χ1) is 28.2. The number of hydrogen-bond donors (Lipinski definition) is 3. The fourth-order valence-electron chi connectivity index (χ4n) is 7.25. The Balaban J connectivity index is 1.13. The summed E-state index contributed by atoms with van der Waals surface area (Å²) in [4.78, 5) is 32.3. The zero-order valence-corrected chi connectivity index (χ0v) is 34.6. The summed E-state index contributed by atoms with van der Waals surface area (Å²) in [5.41, 5.74) is 10.8. The third kappa shape index (κ3) is 11.3. The van der Waals surface area contributed by atoms with Gasteiger partial charge in [-0.1, -0.05) is 36.4 Å². The van der Waals surface area contributed by atoms with Crippen LogP contribution in [0.4, 0.5) is 0 Å². The van der Waals surface area contributed by atoms with E-state index in [0.29, 0.717) is 101 Å². The van der Waals surface area contributed by atoms with E-state index < -0.39 is 5.97 Å². The van der Waals surface area contributed by atoms with Gasteiger partial charge in [0.05, 0.1) is 20.8 Å². The molecule has 2 aromatic carbocycles. The molecule has 12 nitrogen and oxygen atoms in total. The van der Waals surface area contributed by atoms with Gasteiger partial charge in [-0.2, -0.15) is 9.97 Å². The molecule has 0 aliphatic heterocycles. The van der Waals surface area contributed by atoms with E-state index in [2.05, 4.69) is 73.0 Å². The van der Waals surface area contributed by atoms with Gasteiger partial charge in [0.15, 0.2) is 0 Å². The number of ether oxygens (including phenoxy) is 5. The lowest BCUT2D eigenvalue weighted by atomic mass is 9.92. The van der Waals surface area contributed by atoms with Crippen LogP contribution in [0.2, 0.25) is 0 Å². The van der Waals surface area contributed by atoms with Gasteiger partial charge in [-0.15, -0.1) is 0 Å². The van der Waals surface area contributed by atoms with E-state index in [1.807, 2.05) is 6.92 Å². The molecule has 2 saturated carbocycles. The van der Waals surface area contributed by atoms with Gasteiger partial charge in [-0.05, 0) is 130 Å². The first-order valence-electron chi connectivity index (χ1n) is 20.6. The van der Waals surface area contributed by atoms with E-state index in [0.717, 1.165) is 81.3 Å². The SMILES string of the molecule is CCOC(=O)CCCNCc1cc(C2CC2)c(OCc2cccc(-c3cccc(COc4nc(OC)c(CNCCCC(=O)O)cc4C4CC4)c3C)c2C)nc1OC. The number of rotatable bonds is 24. The van der Waals surface area contributed by atoms with Gasteiger partial charge in [0.1, 0.15) is 13.2 Å². The lowest BCUT2D eigenvalue weighted by Crippen LogP contribution is -2.17. The van der Waals surface area contributed by atoms with Crippen LogP contribution in [0.15, 0.2) is 48.5 Å². The normalized spacial score (nSPS) is 13.6. The van der Waals surface area contributed by atoms with Crippen LogP contribution in [0.5, 0.6) is 23.5 Å². The Bertz CT molecular complexity index is 2040. The number of nitrogens with zero attached hydrogens (tertiary/aromatic N) is 2. The van der Waals surface area contributed by atoms with E-state index in [4.69, 9.17) is 38.8 Å². The van der Waals surface area contributed by atoms with E-state index in [1.165, 1.54) is 0 Å². The highest BCUT2D eigenvalue weighted by Crippen LogP contribution is 2.46. The Labute approximate surface area is 342 Å². The molecule has 310 valence electrons. The van der Waals surface area contributed by atoms with E-state index in [1.54, 1.807) is 14.2 Å². The zero-order chi connectivity index (χ0) is 41.0. The lowest BCUT2D eigenvalue weighted by molar-refractivity contribution is -0.143. The first kappa shape index (κ1) is 42.4. The highest BCUT2D eigenvalue weighted by atomic mass is 16.5. The number of aliphatic carboxylic acids is 1. The first-order valence-corrected chi connectivity index (χ1v) is 20.6. The number of methoxy groups -OCH3 is 2. The number of carbonyl (C=O) groups is 2. The Morgan fingerprint density at radius 2 is 1.16 bits per heavy atom. The fraction of sp³-hybridized carbons (Fsp3) is 0.478. The van der Waals surface area contributed by atoms with Crippen LogP contribution in [-0.4, -0.2) is 60.9 Å². The second-order valence-electron chi connectivity index (χ2n) is 15.2. The smallest absolute Gasteiger partial charge is 0.305 e. The molecule has 2 aliphatic rings. The van der Waals surface area contributed by atoms with Gasteiger partial charge in [0, 0.05) is 48.2 Å². The third-order valence-electron chi connectivity index (χ3n) is 10.9. The topological polar surface area (TPSA) is 150 Å². The maximum absolute atomic E-state index is 11.7. The molecule has 2 fully saturated rings. The maximum Gasteiger partial charge on any atom is 0.305 e. The van der Waals surface area contributed by atoms with Gasteiger partial charge in [-0.3, -0.25) is 9.59 Å². The molecule has 58 heavy (non-hydrogen) atoms. The van der Waals surface area contributed by atoms with Gasteiger partial charge < -0.3 is 39.4 Å². The van der Waals surface area contributed by atoms with Gasteiger partial charge in [-0.25, -0.2) is 0 Å². The number of hydrogen-bond acceptors (Lipinski definition) is 11. The van der Waals surface area contributed by atoms with E-state index >= 15 is 0 Å². The molecule has 0 saturated heterocycles. The van der Waals surface area contributed by atoms with Crippen molar-refractivity contribution in [1.29, 1.82) is 0 Å². The van der Waals surface area contributed by atoms with E-state index in [-0.39, 0.29) is 12.4 Å². The summed E-state index contributed by atoms with van der Waals surface area (Å²) in [5.74, 6) is 2.12. The van der Waals surface area contributed by atoms with Crippen molar-refractivity contribution in [2.45, 2.75) is 110 Å². The molecule has 4 aromatic rings. The van der Waals surface area contributed by atoms with Gasteiger partial charge in [0.2, 0.25) is 23.5 Å². The number of benzene rings is 2. The molecule has 2 heterocycles. The van der Waals surface area contributed by atoms with Crippen molar-refractivity contribution in [3.8, 4) is 34.6 Å². The third-order valence-corrected chi connectivity index (χ3v) is 10.9. The van der Waals surface area contributed by atoms with E-state index in [9.17, 15) is 9.59 Å². The standard InChI is InChI=1S/C46H58N4O8/c1-6-56-42(53)16-10-22-48-26-36-24-40(32-19-20-32)46(50-44(36)55-5)58-28-34-12-8-14-38(30(34)3)37-13-7-11-33(29(37)2)27-57-45-39(31-17-18-31)23-35(43(49-45)54-4)25-47-21-9-15-41(51)52/h7-8,11-14,23-24,31-32,47-48H,6,9-10,15-22,25-28H2,1-5H3,(H,51,52). The summed E-state index contributed by atoms with van der Waals surface area (Å²) in [6.45, 7) is 9.64. The molecule has 3 N–H and O–H groups in total. The Morgan fingerprint density at radius 1 is 0.690 bits per heavy atom. The van der Waals surface area contributed by atoms with Gasteiger partial charge in [0.25, 0.3) is 0 Å². The Hall–Kier alpha value is -5.20. The summed E-state index contributed by atoms with van der Waals surface area (Å²) >= 11 is 0. The van der Waals surface area contributed by atoms with Crippen molar-refractivity contribution in [3.63, 3.8) is 0 Å². The molecule has 2 aromatic heterocycles. The van der Waals surface area contributed by atoms with Crippen molar-refractivity contribution < 1.29 is 38.4 Å². The largest absolute Gasteiger partial charge is 0.481 e. The highest BCUT2D eigenvalue weighted by Gasteiger charge is 2.31. The molecular weight excluding hydrogens is 737 g/mol. The number of pyridine rings is 2.